The van der Waals surface area contributed by atoms with Gasteiger partial charge in [-0.05, 0) is 197 Å². The van der Waals surface area contributed by atoms with Crippen LogP contribution in [0.4, 0.5) is 0 Å². The van der Waals surface area contributed by atoms with Gasteiger partial charge in [0.15, 0.2) is 34.7 Å². The van der Waals surface area contributed by atoms with E-state index >= 15 is 0 Å². The molecule has 52 heavy (non-hydrogen) atoms. The van der Waals surface area contributed by atoms with Gasteiger partial charge in [0, 0.05) is 24.0 Å². The Morgan fingerprint density at radius 1 is 0.654 bits per heavy atom. The molecule has 0 aromatic heterocycles. The molecule has 7 fully saturated rings. The summed E-state index contributed by atoms with van der Waals surface area (Å²) >= 11 is 0. The average molecular weight is 793 g/mol. The topological polar surface area (TPSA) is 62.0 Å². The van der Waals surface area contributed by atoms with E-state index in [0.717, 1.165) is 36.9 Å². The van der Waals surface area contributed by atoms with Crippen LogP contribution >= 0.6 is 0 Å². The van der Waals surface area contributed by atoms with Crippen LogP contribution in [0.3, 0.4) is 0 Å². The molecular formula is C42H80O6Si4. The second-order valence-corrected chi connectivity index (χ2v) is 36.0. The molecule has 5 aliphatic carbocycles. The van der Waals surface area contributed by atoms with Gasteiger partial charge in [-0.25, -0.2) is 0 Å². The summed E-state index contributed by atoms with van der Waals surface area (Å²) < 4.78 is 40.1. The second kappa shape index (κ2) is 16.8. The number of ether oxygens (including phenoxy) is 4. The van der Waals surface area contributed by atoms with Crippen LogP contribution in [0.2, 0.25) is 64.5 Å². The molecule has 7 aliphatic rings. The van der Waals surface area contributed by atoms with E-state index < -0.39 is 34.7 Å². The third-order valence-corrected chi connectivity index (χ3v) is 26.5. The number of epoxide rings is 2. The van der Waals surface area contributed by atoms with Gasteiger partial charge in [0.05, 0.1) is 36.6 Å². The fourth-order valence-corrected chi connectivity index (χ4v) is 25.4. The highest BCUT2D eigenvalue weighted by Gasteiger charge is 2.73. The van der Waals surface area contributed by atoms with E-state index in [1.54, 1.807) is 0 Å². The molecule has 5 saturated carbocycles. The normalized spacial score (nSPS) is 40.2. The van der Waals surface area contributed by atoms with Crippen LogP contribution in [0.25, 0.3) is 0 Å². The van der Waals surface area contributed by atoms with Crippen molar-refractivity contribution in [1.82, 2.24) is 0 Å². The van der Waals surface area contributed by atoms with Crippen LogP contribution in [0, 0.1) is 34.5 Å². The zero-order chi connectivity index (χ0) is 36.7. The van der Waals surface area contributed by atoms with Crippen LogP contribution in [0.15, 0.2) is 0 Å². The highest BCUT2D eigenvalue weighted by molar-refractivity contribution is 6.77. The standard InChI is InChI=1S/C42H80O6Si4/c1-49(47-51(3,4)5)26-10-24-43-39(19-15-31-13-17-35-37(28-31)45-35)41-23-21-33(30-41)34-12-9-22-42(34,41)40(20-16-32-14-18-36-38(29-32)46-36)44-25-11-27-50(2)48-52(6,7)8/h31-40,49-50H,9-30H2,1-8H3. The Hall–Kier alpha value is 0.628. The summed E-state index contributed by atoms with van der Waals surface area (Å²) in [6, 6.07) is 2.48. The maximum Gasteiger partial charge on any atom is 0.170 e. The molecule has 2 bridgehead atoms. The summed E-state index contributed by atoms with van der Waals surface area (Å²) in [6.07, 6.45) is 26.8. The molecular weight excluding hydrogens is 713 g/mol. The van der Waals surface area contributed by atoms with Gasteiger partial charge >= 0.3 is 0 Å². The molecule has 2 saturated heterocycles. The molecule has 0 N–H and O–H groups in total. The third-order valence-electron chi connectivity index (χ3n) is 15.2. The largest absolute Gasteiger partial charge is 0.458 e. The molecule has 10 heteroatoms. The van der Waals surface area contributed by atoms with E-state index in [1.807, 2.05) is 0 Å². The molecule has 0 amide bonds. The van der Waals surface area contributed by atoms with Crippen molar-refractivity contribution in [2.75, 3.05) is 13.2 Å². The summed E-state index contributed by atoms with van der Waals surface area (Å²) in [6.45, 7) is 20.8. The fraction of sp³-hybridized carbons (Fsp3) is 1.00. The lowest BCUT2D eigenvalue weighted by atomic mass is 9.53. The minimum Gasteiger partial charge on any atom is -0.458 e. The Morgan fingerprint density at radius 3 is 1.73 bits per heavy atom. The molecule has 0 spiro atoms. The van der Waals surface area contributed by atoms with Crippen molar-refractivity contribution < 1.29 is 27.2 Å². The first-order valence-corrected chi connectivity index (χ1v) is 34.3. The Bertz CT molecular complexity index is 1160. The Morgan fingerprint density at radius 2 is 1.19 bits per heavy atom. The third kappa shape index (κ3) is 9.66. The molecule has 2 aliphatic heterocycles. The summed E-state index contributed by atoms with van der Waals surface area (Å²) in [5, 5.41) is 0. The Kier molecular flexibility index (Phi) is 13.2. The van der Waals surface area contributed by atoms with Gasteiger partial charge in [0.1, 0.15) is 0 Å². The Labute approximate surface area is 325 Å². The molecule has 6 nitrogen and oxygen atoms in total. The molecule has 2 heterocycles. The van der Waals surface area contributed by atoms with Gasteiger partial charge in [-0.1, -0.05) is 6.42 Å². The van der Waals surface area contributed by atoms with Crippen LogP contribution in [-0.2, 0) is 27.2 Å². The monoisotopic (exact) mass is 793 g/mol. The summed E-state index contributed by atoms with van der Waals surface area (Å²) in [5.74, 6) is 3.33. The van der Waals surface area contributed by atoms with Gasteiger partial charge in [0.25, 0.3) is 0 Å². The van der Waals surface area contributed by atoms with E-state index in [-0.39, 0.29) is 10.8 Å². The number of rotatable bonds is 22. The van der Waals surface area contributed by atoms with E-state index in [4.69, 9.17) is 27.2 Å². The smallest absolute Gasteiger partial charge is 0.170 e. The summed E-state index contributed by atoms with van der Waals surface area (Å²) in [5.41, 5.74) is 0.556. The van der Waals surface area contributed by atoms with Crippen molar-refractivity contribution in [1.29, 1.82) is 0 Å². The average Bonchev–Trinajstić information content (AvgIpc) is 3.88. The lowest BCUT2D eigenvalue weighted by Crippen LogP contribution is -2.56. The number of fused-ring (bicyclic) bond motifs is 7. The van der Waals surface area contributed by atoms with Crippen molar-refractivity contribution in [2.24, 2.45) is 34.5 Å². The Balaban J connectivity index is 1.09. The van der Waals surface area contributed by atoms with Gasteiger partial charge < -0.3 is 27.2 Å². The van der Waals surface area contributed by atoms with Crippen LogP contribution < -0.4 is 0 Å². The lowest BCUT2D eigenvalue weighted by Gasteiger charge is -2.56. The van der Waals surface area contributed by atoms with E-state index in [0.29, 0.717) is 36.6 Å². The van der Waals surface area contributed by atoms with Gasteiger partial charge in [-0.3, -0.25) is 0 Å². The van der Waals surface area contributed by atoms with Crippen molar-refractivity contribution >= 4 is 34.7 Å². The molecule has 0 aromatic carbocycles. The van der Waals surface area contributed by atoms with Gasteiger partial charge in [0.2, 0.25) is 0 Å². The second-order valence-electron chi connectivity index (χ2n) is 21.2. The predicted octanol–water partition coefficient (Wildman–Crippen LogP) is 10.2. The lowest BCUT2D eigenvalue weighted by molar-refractivity contribution is -0.178. The molecule has 14 unspecified atom stereocenters. The summed E-state index contributed by atoms with van der Waals surface area (Å²) in [4.78, 5) is 0. The minimum absolute atomic E-state index is 0.273. The van der Waals surface area contributed by atoms with Crippen LogP contribution in [-0.4, -0.2) is 84.6 Å². The van der Waals surface area contributed by atoms with Crippen molar-refractivity contribution in [3.05, 3.63) is 0 Å². The van der Waals surface area contributed by atoms with Crippen LogP contribution in [0.5, 0.6) is 0 Å². The SMILES string of the molecule is C[SiH](CCCOC(CCC1CCC2OC2C1)C12CCC(C1)C1CCCC12C(CCC1CCC2OC2C1)OCCC[SiH](C)O[Si](C)(C)C)O[Si](C)(C)C. The molecule has 14 atom stereocenters. The van der Waals surface area contributed by atoms with E-state index in [1.165, 1.54) is 128 Å². The van der Waals surface area contributed by atoms with Crippen molar-refractivity contribution in [3.63, 3.8) is 0 Å². The molecule has 0 aromatic rings. The van der Waals surface area contributed by atoms with Crippen molar-refractivity contribution in [2.45, 2.75) is 217 Å². The van der Waals surface area contributed by atoms with Gasteiger partial charge in [-0.2, -0.15) is 0 Å². The molecule has 7 rings (SSSR count). The first-order valence-electron chi connectivity index (χ1n) is 22.6. The maximum absolute atomic E-state index is 7.45. The van der Waals surface area contributed by atoms with E-state index in [2.05, 4.69) is 52.4 Å². The van der Waals surface area contributed by atoms with Crippen LogP contribution in [0.1, 0.15) is 116 Å². The zero-order valence-electron chi connectivity index (χ0n) is 34.9. The first kappa shape index (κ1) is 40.8. The predicted molar refractivity (Wildman–Crippen MR) is 223 cm³/mol. The van der Waals surface area contributed by atoms with Gasteiger partial charge in [-0.15, -0.1) is 0 Å². The zero-order valence-corrected chi connectivity index (χ0v) is 39.2. The summed E-state index contributed by atoms with van der Waals surface area (Å²) in [7, 11) is -5.25. The fourth-order valence-electron chi connectivity index (χ4n) is 13.3. The maximum atomic E-state index is 7.45. The first-order chi connectivity index (χ1) is 24.7. The van der Waals surface area contributed by atoms with Crippen molar-refractivity contribution in [3.8, 4) is 0 Å². The van der Waals surface area contributed by atoms with E-state index in [9.17, 15) is 0 Å². The molecule has 300 valence electrons. The molecule has 0 radical (unpaired) electrons. The minimum atomic E-state index is -1.48. The number of hydrogen-bond donors (Lipinski definition) is 0. The number of hydrogen-bond acceptors (Lipinski definition) is 6. The highest BCUT2D eigenvalue weighted by Crippen LogP contribution is 2.76. The quantitative estimate of drug-likeness (QED) is 0.0618. The highest BCUT2D eigenvalue weighted by atomic mass is 28.4.